The average Bonchev–Trinajstić information content (AvgIpc) is 2.67. The highest BCUT2D eigenvalue weighted by Crippen LogP contribution is 2.30. The fourth-order valence-electron chi connectivity index (χ4n) is 1.29. The van der Waals surface area contributed by atoms with Gasteiger partial charge in [0.15, 0.2) is 0 Å². The van der Waals surface area contributed by atoms with Crippen LogP contribution in [-0.2, 0) is 0 Å². The second kappa shape index (κ2) is 3.45. The van der Waals surface area contributed by atoms with Crippen LogP contribution in [-0.4, -0.2) is 21.3 Å². The summed E-state index contributed by atoms with van der Waals surface area (Å²) in [7, 11) is 0. The summed E-state index contributed by atoms with van der Waals surface area (Å²) in [5.74, 6) is -1.51. The zero-order chi connectivity index (χ0) is 10.8. The lowest BCUT2D eigenvalue weighted by atomic mass is 10.1. The first-order valence-corrected chi connectivity index (χ1v) is 4.16. The van der Waals surface area contributed by atoms with E-state index in [1.54, 1.807) is 18.2 Å². The molecule has 0 saturated heterocycles. The summed E-state index contributed by atoms with van der Waals surface area (Å²) in [5.41, 5.74) is 0.650. The molecule has 0 spiro atoms. The van der Waals surface area contributed by atoms with Crippen LogP contribution in [0.4, 0.5) is 0 Å². The Bertz CT molecular complexity index is 504. The van der Waals surface area contributed by atoms with Crippen LogP contribution in [0.15, 0.2) is 35.0 Å². The van der Waals surface area contributed by atoms with Crippen molar-refractivity contribution < 1.29 is 19.5 Å². The first-order valence-electron chi connectivity index (χ1n) is 4.16. The molecule has 1 heterocycles. The lowest BCUT2D eigenvalue weighted by molar-refractivity contribution is 0.0653. The molecule has 2 N–H and O–H groups in total. The van der Waals surface area contributed by atoms with E-state index in [0.717, 1.165) is 0 Å². The van der Waals surface area contributed by atoms with Gasteiger partial charge in [-0.15, -0.1) is 0 Å². The third kappa shape index (κ3) is 1.54. The molecule has 2 rings (SSSR count). The van der Waals surface area contributed by atoms with Gasteiger partial charge in [-0.05, 0) is 6.07 Å². The lowest BCUT2D eigenvalue weighted by Crippen LogP contribution is -1.95. The monoisotopic (exact) mass is 205 g/mol. The number of hydrogen-bond acceptors (Lipinski definition) is 4. The highest BCUT2D eigenvalue weighted by molar-refractivity contribution is 5.93. The van der Waals surface area contributed by atoms with Crippen molar-refractivity contribution in [2.75, 3.05) is 0 Å². The van der Waals surface area contributed by atoms with Crippen LogP contribution in [0.2, 0.25) is 0 Å². The maximum absolute atomic E-state index is 10.8. The van der Waals surface area contributed by atoms with E-state index in [1.807, 2.05) is 0 Å². The number of nitrogens with zero attached hydrogens (tertiary/aromatic N) is 1. The Morgan fingerprint density at radius 1 is 1.27 bits per heavy atom. The summed E-state index contributed by atoms with van der Waals surface area (Å²) in [5, 5.41) is 21.7. The SMILES string of the molecule is O=C(O)c1oncc1-c1ccccc1O. The Morgan fingerprint density at radius 2 is 2.00 bits per heavy atom. The number of aromatic hydroxyl groups is 1. The molecule has 5 heteroatoms. The molecule has 0 bridgehead atoms. The molecule has 1 aromatic heterocycles. The van der Waals surface area contributed by atoms with E-state index in [0.29, 0.717) is 5.56 Å². The zero-order valence-corrected chi connectivity index (χ0v) is 7.54. The Morgan fingerprint density at radius 3 is 2.67 bits per heavy atom. The minimum atomic E-state index is -1.22. The molecule has 0 aliphatic rings. The fourth-order valence-corrected chi connectivity index (χ4v) is 1.29. The van der Waals surface area contributed by atoms with Gasteiger partial charge < -0.3 is 14.7 Å². The van der Waals surface area contributed by atoms with E-state index in [-0.39, 0.29) is 17.1 Å². The number of para-hydroxylation sites is 1. The fraction of sp³-hybridized carbons (Fsp3) is 0. The standard InChI is InChI=1S/C10H7NO4/c12-8-4-2-1-3-6(8)7-5-11-15-9(7)10(13)14/h1-5,12H,(H,13,14). The number of aromatic carboxylic acids is 1. The van der Waals surface area contributed by atoms with Gasteiger partial charge in [0.05, 0.1) is 11.8 Å². The second-order valence-corrected chi connectivity index (χ2v) is 2.89. The number of benzene rings is 1. The van der Waals surface area contributed by atoms with Crippen LogP contribution in [0, 0.1) is 0 Å². The predicted octanol–water partition coefficient (Wildman–Crippen LogP) is 1.75. The maximum Gasteiger partial charge on any atom is 0.375 e. The minimum Gasteiger partial charge on any atom is -0.507 e. The van der Waals surface area contributed by atoms with Gasteiger partial charge >= 0.3 is 5.97 Å². The topological polar surface area (TPSA) is 83.6 Å². The van der Waals surface area contributed by atoms with Crippen LogP contribution < -0.4 is 0 Å². The smallest absolute Gasteiger partial charge is 0.375 e. The Balaban J connectivity index is 2.59. The number of hydrogen-bond donors (Lipinski definition) is 2. The molecule has 2 aromatic rings. The quantitative estimate of drug-likeness (QED) is 0.780. The van der Waals surface area contributed by atoms with Gasteiger partial charge in [-0.1, -0.05) is 23.4 Å². The minimum absolute atomic E-state index is 0.0109. The van der Waals surface area contributed by atoms with Crippen LogP contribution in [0.1, 0.15) is 10.6 Å². The second-order valence-electron chi connectivity index (χ2n) is 2.89. The first-order chi connectivity index (χ1) is 7.20. The molecule has 0 atom stereocenters. The Hall–Kier alpha value is -2.30. The van der Waals surface area contributed by atoms with E-state index in [9.17, 15) is 9.90 Å². The average molecular weight is 205 g/mol. The van der Waals surface area contributed by atoms with Crippen molar-refractivity contribution in [1.29, 1.82) is 0 Å². The largest absolute Gasteiger partial charge is 0.507 e. The summed E-state index contributed by atoms with van der Waals surface area (Å²) < 4.78 is 4.57. The number of phenols is 1. The highest BCUT2D eigenvalue weighted by atomic mass is 16.5. The van der Waals surface area contributed by atoms with Crippen LogP contribution in [0.5, 0.6) is 5.75 Å². The van der Waals surface area contributed by atoms with E-state index in [4.69, 9.17) is 5.11 Å². The predicted molar refractivity (Wildman–Crippen MR) is 50.6 cm³/mol. The number of phenolic OH excluding ortho intramolecular Hbond substituents is 1. The zero-order valence-electron chi connectivity index (χ0n) is 7.54. The molecule has 0 saturated carbocycles. The van der Waals surface area contributed by atoms with E-state index >= 15 is 0 Å². The van der Waals surface area contributed by atoms with Crippen molar-refractivity contribution >= 4 is 5.97 Å². The molecule has 76 valence electrons. The normalized spacial score (nSPS) is 10.1. The Kier molecular flexibility index (Phi) is 2.13. The van der Waals surface area contributed by atoms with Gasteiger partial charge in [0.2, 0.25) is 0 Å². The van der Waals surface area contributed by atoms with Crippen molar-refractivity contribution in [2.24, 2.45) is 0 Å². The molecule has 0 radical (unpaired) electrons. The first kappa shape index (κ1) is 9.26. The van der Waals surface area contributed by atoms with Crippen LogP contribution >= 0.6 is 0 Å². The number of carbonyl (C=O) groups is 1. The summed E-state index contributed by atoms with van der Waals surface area (Å²) in [6.07, 6.45) is 1.26. The summed E-state index contributed by atoms with van der Waals surface area (Å²) in [4.78, 5) is 10.8. The molecule has 15 heavy (non-hydrogen) atoms. The van der Waals surface area contributed by atoms with Crippen molar-refractivity contribution in [2.45, 2.75) is 0 Å². The molecule has 0 aliphatic carbocycles. The highest BCUT2D eigenvalue weighted by Gasteiger charge is 2.18. The van der Waals surface area contributed by atoms with Crippen LogP contribution in [0.25, 0.3) is 11.1 Å². The van der Waals surface area contributed by atoms with E-state index in [1.165, 1.54) is 12.3 Å². The molecule has 0 fully saturated rings. The summed E-state index contributed by atoms with van der Waals surface area (Å²) in [6, 6.07) is 6.39. The molecular formula is C10H7NO4. The van der Waals surface area contributed by atoms with Gasteiger partial charge in [0, 0.05) is 5.56 Å². The van der Waals surface area contributed by atoms with Crippen molar-refractivity contribution in [3.63, 3.8) is 0 Å². The lowest BCUT2D eigenvalue weighted by Gasteiger charge is -2.00. The number of rotatable bonds is 2. The number of carboxylic acid groups (broad SMARTS) is 1. The van der Waals surface area contributed by atoms with Crippen molar-refractivity contribution in [3.8, 4) is 16.9 Å². The van der Waals surface area contributed by atoms with E-state index in [2.05, 4.69) is 9.68 Å². The number of aromatic nitrogens is 1. The van der Waals surface area contributed by atoms with Gasteiger partial charge in [0.25, 0.3) is 5.76 Å². The van der Waals surface area contributed by atoms with Gasteiger partial charge in [0.1, 0.15) is 5.75 Å². The van der Waals surface area contributed by atoms with Gasteiger partial charge in [-0.3, -0.25) is 0 Å². The molecule has 0 unspecified atom stereocenters. The van der Waals surface area contributed by atoms with Gasteiger partial charge in [-0.2, -0.15) is 0 Å². The number of carboxylic acids is 1. The van der Waals surface area contributed by atoms with Crippen molar-refractivity contribution in [3.05, 3.63) is 36.2 Å². The third-order valence-electron chi connectivity index (χ3n) is 1.96. The maximum atomic E-state index is 10.8. The Labute approximate surface area is 84.6 Å². The van der Waals surface area contributed by atoms with E-state index < -0.39 is 5.97 Å². The molecule has 5 nitrogen and oxygen atoms in total. The molecule has 1 aromatic carbocycles. The summed E-state index contributed by atoms with van der Waals surface area (Å²) in [6.45, 7) is 0. The van der Waals surface area contributed by atoms with Crippen molar-refractivity contribution in [1.82, 2.24) is 5.16 Å². The third-order valence-corrected chi connectivity index (χ3v) is 1.96. The molecule has 0 amide bonds. The summed E-state index contributed by atoms with van der Waals surface area (Å²) >= 11 is 0. The molecule has 0 aliphatic heterocycles. The molecular weight excluding hydrogens is 198 g/mol. The van der Waals surface area contributed by atoms with Crippen LogP contribution in [0.3, 0.4) is 0 Å². The van der Waals surface area contributed by atoms with Gasteiger partial charge in [-0.25, -0.2) is 4.79 Å².